The summed E-state index contributed by atoms with van der Waals surface area (Å²) >= 11 is 11.3. The van der Waals surface area contributed by atoms with Crippen LogP contribution >= 0.6 is 23.8 Å². The van der Waals surface area contributed by atoms with Gasteiger partial charge in [-0.25, -0.2) is 4.99 Å². The van der Waals surface area contributed by atoms with Gasteiger partial charge in [0.1, 0.15) is 5.84 Å². The van der Waals surface area contributed by atoms with Crippen LogP contribution in [0.15, 0.2) is 59.6 Å². The van der Waals surface area contributed by atoms with Crippen molar-refractivity contribution in [2.45, 2.75) is 13.8 Å². The van der Waals surface area contributed by atoms with Gasteiger partial charge in [0.05, 0.1) is 0 Å². The maximum atomic E-state index is 5.90. The lowest BCUT2D eigenvalue weighted by Crippen LogP contribution is -2.32. The fourth-order valence-electron chi connectivity index (χ4n) is 2.21. The van der Waals surface area contributed by atoms with Gasteiger partial charge in [0.15, 0.2) is 5.11 Å². The molecule has 1 N–H and O–H groups in total. The molecule has 0 fully saturated rings. The van der Waals surface area contributed by atoms with Gasteiger partial charge in [0.2, 0.25) is 0 Å². The van der Waals surface area contributed by atoms with Gasteiger partial charge in [0.25, 0.3) is 0 Å². The van der Waals surface area contributed by atoms with E-state index in [1.807, 2.05) is 54.6 Å². The van der Waals surface area contributed by atoms with Crippen LogP contribution in [-0.2, 0) is 0 Å². The van der Waals surface area contributed by atoms with E-state index in [1.165, 1.54) is 0 Å². The van der Waals surface area contributed by atoms with Gasteiger partial charge in [-0.1, -0.05) is 41.9 Å². The summed E-state index contributed by atoms with van der Waals surface area (Å²) in [5.74, 6) is 0.877. The molecular weight excluding hydrogens is 326 g/mol. The summed E-state index contributed by atoms with van der Waals surface area (Å²) in [6, 6.07) is 17.5. The van der Waals surface area contributed by atoms with Gasteiger partial charge < -0.3 is 10.2 Å². The minimum atomic E-state index is 0.429. The number of anilines is 1. The lowest BCUT2D eigenvalue weighted by molar-refractivity contribution is 0.467. The Labute approximate surface area is 148 Å². The van der Waals surface area contributed by atoms with E-state index in [9.17, 15) is 0 Å². The summed E-state index contributed by atoms with van der Waals surface area (Å²) < 4.78 is 0. The zero-order valence-electron chi connectivity index (χ0n) is 13.3. The smallest absolute Gasteiger partial charge is 0.199 e. The van der Waals surface area contributed by atoms with E-state index in [2.05, 4.69) is 29.1 Å². The molecule has 2 aromatic carbocycles. The molecule has 0 heterocycles. The Morgan fingerprint density at radius 3 is 2.22 bits per heavy atom. The predicted molar refractivity (Wildman–Crippen MR) is 104 cm³/mol. The molecule has 0 aromatic heterocycles. The fourth-order valence-corrected chi connectivity index (χ4v) is 2.54. The first kappa shape index (κ1) is 17.4. The Bertz CT molecular complexity index is 664. The van der Waals surface area contributed by atoms with E-state index >= 15 is 0 Å². The first-order valence-electron chi connectivity index (χ1n) is 7.59. The minimum Gasteiger partial charge on any atom is -0.357 e. The van der Waals surface area contributed by atoms with Crippen molar-refractivity contribution in [3.05, 3.63) is 65.2 Å². The Balaban J connectivity index is 2.25. The molecule has 2 aromatic rings. The van der Waals surface area contributed by atoms with Crippen molar-refractivity contribution in [2.24, 2.45) is 4.99 Å². The van der Waals surface area contributed by atoms with E-state index < -0.39 is 0 Å². The number of halogens is 1. The predicted octanol–water partition coefficient (Wildman–Crippen LogP) is 4.83. The number of thiocarbonyl (C=S) groups is 1. The highest BCUT2D eigenvalue weighted by Gasteiger charge is 2.11. The molecule has 120 valence electrons. The van der Waals surface area contributed by atoms with Gasteiger partial charge in [-0.15, -0.1) is 0 Å². The van der Waals surface area contributed by atoms with Crippen molar-refractivity contribution in [3.63, 3.8) is 0 Å². The Morgan fingerprint density at radius 2 is 1.65 bits per heavy atom. The van der Waals surface area contributed by atoms with Crippen molar-refractivity contribution in [1.82, 2.24) is 4.90 Å². The topological polar surface area (TPSA) is 27.6 Å². The van der Waals surface area contributed by atoms with E-state index in [4.69, 9.17) is 23.8 Å². The average molecular weight is 346 g/mol. The second-order valence-electron chi connectivity index (χ2n) is 4.91. The van der Waals surface area contributed by atoms with Crippen molar-refractivity contribution in [2.75, 3.05) is 18.4 Å². The van der Waals surface area contributed by atoms with Crippen LogP contribution in [0.3, 0.4) is 0 Å². The highest BCUT2D eigenvalue weighted by Crippen LogP contribution is 2.14. The summed E-state index contributed by atoms with van der Waals surface area (Å²) in [6.45, 7) is 5.96. The van der Waals surface area contributed by atoms with Crippen LogP contribution in [0.2, 0.25) is 5.02 Å². The van der Waals surface area contributed by atoms with E-state index in [1.54, 1.807) is 0 Å². The molecule has 0 unspecified atom stereocenters. The molecule has 3 nitrogen and oxygen atoms in total. The summed E-state index contributed by atoms with van der Waals surface area (Å²) in [6.07, 6.45) is 0. The number of benzene rings is 2. The van der Waals surface area contributed by atoms with Crippen LogP contribution in [0.1, 0.15) is 19.4 Å². The maximum Gasteiger partial charge on any atom is 0.199 e. The first-order valence-corrected chi connectivity index (χ1v) is 8.38. The first-order chi connectivity index (χ1) is 11.1. The molecule has 0 saturated carbocycles. The number of nitrogens with zero attached hydrogens (tertiary/aromatic N) is 2. The molecule has 0 bridgehead atoms. The molecular formula is C18H20ClN3S. The highest BCUT2D eigenvalue weighted by molar-refractivity contribution is 7.80. The van der Waals surface area contributed by atoms with Crippen LogP contribution in [0.5, 0.6) is 0 Å². The van der Waals surface area contributed by atoms with E-state index in [-0.39, 0.29) is 0 Å². The third-order valence-electron chi connectivity index (χ3n) is 3.40. The highest BCUT2D eigenvalue weighted by atomic mass is 35.5. The van der Waals surface area contributed by atoms with E-state index in [0.29, 0.717) is 10.1 Å². The third-order valence-corrected chi connectivity index (χ3v) is 3.84. The number of nitrogens with one attached hydrogen (secondary N) is 1. The number of hydrogen-bond donors (Lipinski definition) is 1. The molecule has 0 aliphatic rings. The average Bonchev–Trinajstić information content (AvgIpc) is 2.58. The lowest BCUT2D eigenvalue weighted by Gasteiger charge is -2.23. The van der Waals surface area contributed by atoms with Gasteiger partial charge in [-0.2, -0.15) is 0 Å². The van der Waals surface area contributed by atoms with Crippen LogP contribution in [0.4, 0.5) is 5.69 Å². The molecule has 0 saturated heterocycles. The molecule has 0 aliphatic heterocycles. The Morgan fingerprint density at radius 1 is 1.04 bits per heavy atom. The van der Waals surface area contributed by atoms with Crippen molar-refractivity contribution >= 4 is 40.5 Å². The largest absolute Gasteiger partial charge is 0.357 e. The minimum absolute atomic E-state index is 0.429. The lowest BCUT2D eigenvalue weighted by atomic mass is 10.2. The molecule has 0 aliphatic carbocycles. The maximum absolute atomic E-state index is 5.90. The van der Waals surface area contributed by atoms with Crippen LogP contribution in [0.25, 0.3) is 0 Å². The Kier molecular flexibility index (Phi) is 6.56. The zero-order valence-corrected chi connectivity index (χ0v) is 14.9. The molecule has 0 amide bonds. The fraction of sp³-hybridized carbons (Fsp3) is 0.222. The molecule has 0 atom stereocenters. The SMILES string of the molecule is CCN(CC)/C(=N/C(=S)Nc1ccc(Cl)cc1)c1ccccc1. The van der Waals surface area contributed by atoms with Gasteiger partial charge in [-0.3, -0.25) is 0 Å². The second-order valence-corrected chi connectivity index (χ2v) is 5.73. The zero-order chi connectivity index (χ0) is 16.7. The summed E-state index contributed by atoms with van der Waals surface area (Å²) in [7, 11) is 0. The van der Waals surface area contributed by atoms with Crippen molar-refractivity contribution in [1.29, 1.82) is 0 Å². The number of aliphatic imine (C=N–C) groups is 1. The van der Waals surface area contributed by atoms with Gasteiger partial charge >= 0.3 is 0 Å². The third kappa shape index (κ3) is 5.05. The van der Waals surface area contributed by atoms with Crippen LogP contribution in [0, 0.1) is 0 Å². The monoisotopic (exact) mass is 345 g/mol. The van der Waals surface area contributed by atoms with Crippen LogP contribution < -0.4 is 5.32 Å². The number of rotatable bonds is 4. The standard InChI is InChI=1S/C18H20ClN3S/c1-3-22(4-2)17(14-8-6-5-7-9-14)21-18(23)20-16-12-10-15(19)11-13-16/h5-13H,3-4H2,1-2H3,(H,20,23)/b21-17+. The summed E-state index contributed by atoms with van der Waals surface area (Å²) in [5.41, 5.74) is 1.92. The molecule has 0 radical (unpaired) electrons. The molecule has 0 spiro atoms. The van der Waals surface area contributed by atoms with Crippen molar-refractivity contribution < 1.29 is 0 Å². The normalized spacial score (nSPS) is 11.2. The van der Waals surface area contributed by atoms with E-state index in [0.717, 1.165) is 30.2 Å². The van der Waals surface area contributed by atoms with Gasteiger partial charge in [-0.05, 0) is 50.3 Å². The second kappa shape index (κ2) is 8.65. The Hall–Kier alpha value is -1.91. The molecule has 2 rings (SSSR count). The molecule has 5 heteroatoms. The summed E-state index contributed by atoms with van der Waals surface area (Å²) in [5, 5.41) is 4.25. The summed E-state index contributed by atoms with van der Waals surface area (Å²) in [4.78, 5) is 6.82. The van der Waals surface area contributed by atoms with Gasteiger partial charge in [0, 0.05) is 29.4 Å². The quantitative estimate of drug-likeness (QED) is 0.489. The van der Waals surface area contributed by atoms with Crippen LogP contribution in [-0.4, -0.2) is 28.9 Å². The number of hydrogen-bond acceptors (Lipinski definition) is 1. The number of amidine groups is 1. The molecule has 23 heavy (non-hydrogen) atoms. The van der Waals surface area contributed by atoms with Crippen molar-refractivity contribution in [3.8, 4) is 0 Å².